The van der Waals surface area contributed by atoms with Crippen LogP contribution in [0, 0.1) is 6.92 Å². The van der Waals surface area contributed by atoms with E-state index < -0.39 is 15.0 Å². The highest BCUT2D eigenvalue weighted by Gasteiger charge is 2.23. The van der Waals surface area contributed by atoms with Gasteiger partial charge in [-0.2, -0.15) is 0 Å². The summed E-state index contributed by atoms with van der Waals surface area (Å²) in [4.78, 5) is 17.0. The number of sulfonamides is 1. The molecule has 20 heavy (non-hydrogen) atoms. The normalized spacial score (nSPS) is 10.8. The van der Waals surface area contributed by atoms with Gasteiger partial charge in [-0.15, -0.1) is 0 Å². The maximum absolute atomic E-state index is 11.7. The molecular weight excluding hydrogens is 282 g/mol. The molecular formula is C11H9N5O3S. The average molecular weight is 291 g/mol. The van der Waals surface area contributed by atoms with Crippen LogP contribution in [0.3, 0.4) is 0 Å². The number of hydrogen-bond donors (Lipinski definition) is 0. The summed E-state index contributed by atoms with van der Waals surface area (Å²) in [5.41, 5.74) is 9.64. The predicted octanol–water partition coefficient (Wildman–Crippen LogP) is 1.99. The lowest BCUT2D eigenvalue weighted by Gasteiger charge is -2.04. The summed E-state index contributed by atoms with van der Waals surface area (Å²) in [5, 5.41) is -0.564. The van der Waals surface area contributed by atoms with Crippen molar-refractivity contribution in [1.82, 2.24) is 9.55 Å². The summed E-state index contributed by atoms with van der Waals surface area (Å²) < 4.78 is 27.3. The molecule has 0 spiro atoms. The molecule has 0 atom stereocenters. The molecule has 0 amide bonds. The lowest BCUT2D eigenvalue weighted by atomic mass is 10.2. The summed E-state index contributed by atoms with van der Waals surface area (Å²) in [6.45, 7) is 1.90. The Hall–Kier alpha value is -2.64. The highest BCUT2D eigenvalue weighted by atomic mass is 32.2. The Bertz CT molecular complexity index is 801. The lowest BCUT2D eigenvalue weighted by molar-refractivity contribution is 0.111. The van der Waals surface area contributed by atoms with Gasteiger partial charge in [0.15, 0.2) is 11.3 Å². The van der Waals surface area contributed by atoms with Gasteiger partial charge in [0.1, 0.15) is 12.0 Å². The van der Waals surface area contributed by atoms with Crippen molar-refractivity contribution in [3.8, 4) is 5.69 Å². The predicted molar refractivity (Wildman–Crippen MR) is 70.0 cm³/mol. The Morgan fingerprint density at radius 1 is 1.35 bits per heavy atom. The second-order valence-corrected chi connectivity index (χ2v) is 5.40. The van der Waals surface area contributed by atoms with Crippen LogP contribution in [0.15, 0.2) is 40.1 Å². The zero-order valence-corrected chi connectivity index (χ0v) is 11.1. The molecule has 2 aromatic rings. The molecule has 0 bridgehead atoms. The van der Waals surface area contributed by atoms with Gasteiger partial charge in [-0.1, -0.05) is 17.7 Å². The minimum atomic E-state index is -4.30. The van der Waals surface area contributed by atoms with Crippen LogP contribution in [0.2, 0.25) is 0 Å². The first kappa shape index (κ1) is 13.8. The molecule has 0 radical (unpaired) electrons. The number of carbonyl (C=O) groups is 1. The van der Waals surface area contributed by atoms with Crippen molar-refractivity contribution in [3.63, 3.8) is 0 Å². The molecule has 102 valence electrons. The summed E-state index contributed by atoms with van der Waals surface area (Å²) in [6, 6.07) is 7.05. The highest BCUT2D eigenvalue weighted by Crippen LogP contribution is 2.19. The smallest absolute Gasteiger partial charge is 0.283 e. The van der Waals surface area contributed by atoms with E-state index in [4.69, 9.17) is 5.53 Å². The Labute approximate surface area is 114 Å². The number of aryl methyl sites for hydroxylation is 1. The molecule has 0 saturated carbocycles. The van der Waals surface area contributed by atoms with Crippen molar-refractivity contribution in [2.24, 2.45) is 4.52 Å². The topological polar surface area (TPSA) is 118 Å². The van der Waals surface area contributed by atoms with E-state index in [9.17, 15) is 13.2 Å². The quantitative estimate of drug-likeness (QED) is 0.370. The van der Waals surface area contributed by atoms with E-state index in [-0.39, 0.29) is 5.69 Å². The summed E-state index contributed by atoms with van der Waals surface area (Å²) in [5.74, 6) is 0. The van der Waals surface area contributed by atoms with Gasteiger partial charge in [0.2, 0.25) is 0 Å². The third-order valence-corrected chi connectivity index (χ3v) is 3.67. The molecule has 2 rings (SSSR count). The molecule has 0 aliphatic carbocycles. The van der Waals surface area contributed by atoms with Crippen LogP contribution < -0.4 is 0 Å². The molecule has 0 saturated heterocycles. The molecule has 0 fully saturated rings. The van der Waals surface area contributed by atoms with Gasteiger partial charge < -0.3 is 0 Å². The fourth-order valence-corrected chi connectivity index (χ4v) is 2.41. The van der Waals surface area contributed by atoms with Gasteiger partial charge in [-0.3, -0.25) is 9.36 Å². The van der Waals surface area contributed by atoms with E-state index in [0.717, 1.165) is 5.56 Å². The third kappa shape index (κ3) is 2.40. The first-order chi connectivity index (χ1) is 9.49. The van der Waals surface area contributed by atoms with Crippen LogP contribution in [-0.4, -0.2) is 24.3 Å². The van der Waals surface area contributed by atoms with Gasteiger partial charge >= 0.3 is 0 Å². The number of azide groups is 1. The van der Waals surface area contributed by atoms with E-state index in [1.165, 1.54) is 10.9 Å². The van der Waals surface area contributed by atoms with Crippen LogP contribution in [0.5, 0.6) is 0 Å². The zero-order chi connectivity index (χ0) is 14.8. The molecule has 0 aliphatic heterocycles. The number of nitrogens with zero attached hydrogens (tertiary/aromatic N) is 5. The summed E-state index contributed by atoms with van der Waals surface area (Å²) in [7, 11) is -4.30. The minimum absolute atomic E-state index is 0.193. The SMILES string of the molecule is Cc1ccc(-n2cnc(S(=O)(=O)N=[N+]=[N-])c2C=O)cc1. The number of aldehydes is 1. The van der Waals surface area contributed by atoms with Gasteiger partial charge in [0.25, 0.3) is 10.0 Å². The first-order valence-electron chi connectivity index (χ1n) is 5.40. The van der Waals surface area contributed by atoms with Crippen molar-refractivity contribution >= 4 is 16.3 Å². The molecule has 1 aromatic carbocycles. The van der Waals surface area contributed by atoms with Crippen molar-refractivity contribution in [1.29, 1.82) is 0 Å². The lowest BCUT2D eigenvalue weighted by Crippen LogP contribution is -2.04. The minimum Gasteiger partial charge on any atom is -0.296 e. The maximum atomic E-state index is 11.7. The fourth-order valence-electron chi connectivity index (χ4n) is 1.65. The molecule has 8 nitrogen and oxygen atoms in total. The van der Waals surface area contributed by atoms with Crippen molar-refractivity contribution < 1.29 is 13.2 Å². The number of hydrogen-bond acceptors (Lipinski definition) is 4. The van der Waals surface area contributed by atoms with Crippen LogP contribution in [0.4, 0.5) is 0 Å². The van der Waals surface area contributed by atoms with E-state index in [0.29, 0.717) is 12.0 Å². The van der Waals surface area contributed by atoms with E-state index in [1.54, 1.807) is 12.1 Å². The Kier molecular flexibility index (Phi) is 3.55. The van der Waals surface area contributed by atoms with E-state index in [2.05, 4.69) is 14.4 Å². The zero-order valence-electron chi connectivity index (χ0n) is 10.3. The third-order valence-electron chi connectivity index (χ3n) is 2.58. The number of imidazole rings is 1. The van der Waals surface area contributed by atoms with Crippen LogP contribution in [-0.2, 0) is 10.0 Å². The van der Waals surface area contributed by atoms with Crippen LogP contribution in [0.1, 0.15) is 16.1 Å². The molecule has 0 aliphatic rings. The standard InChI is InChI=1S/C11H9N5O3S/c1-8-2-4-9(5-3-8)16-7-13-11(10(16)6-17)20(18,19)15-14-12/h2-7H,1H3. The number of aromatic nitrogens is 2. The van der Waals surface area contributed by atoms with Crippen molar-refractivity contribution in [3.05, 3.63) is 52.3 Å². The number of benzene rings is 1. The van der Waals surface area contributed by atoms with Gasteiger partial charge in [0.05, 0.1) is 0 Å². The summed E-state index contributed by atoms with van der Waals surface area (Å²) >= 11 is 0. The largest absolute Gasteiger partial charge is 0.296 e. The summed E-state index contributed by atoms with van der Waals surface area (Å²) in [6.07, 6.45) is 1.54. The van der Waals surface area contributed by atoms with Crippen molar-refractivity contribution in [2.75, 3.05) is 0 Å². The number of carbonyl (C=O) groups excluding carboxylic acids is 1. The Morgan fingerprint density at radius 2 is 2.00 bits per heavy atom. The number of rotatable bonds is 4. The van der Waals surface area contributed by atoms with E-state index >= 15 is 0 Å². The first-order valence-corrected chi connectivity index (χ1v) is 6.84. The average Bonchev–Trinajstić information content (AvgIpc) is 2.84. The highest BCUT2D eigenvalue weighted by molar-refractivity contribution is 7.90. The Morgan fingerprint density at radius 3 is 2.55 bits per heavy atom. The molecule has 1 aromatic heterocycles. The second kappa shape index (κ2) is 5.16. The molecule has 0 N–H and O–H groups in total. The van der Waals surface area contributed by atoms with Crippen molar-refractivity contribution in [2.45, 2.75) is 11.9 Å². The molecule has 1 heterocycles. The second-order valence-electron chi connectivity index (χ2n) is 3.90. The van der Waals surface area contributed by atoms with Gasteiger partial charge in [-0.25, -0.2) is 13.4 Å². The van der Waals surface area contributed by atoms with Gasteiger partial charge in [0, 0.05) is 15.1 Å². The van der Waals surface area contributed by atoms with Crippen LogP contribution >= 0.6 is 0 Å². The maximum Gasteiger partial charge on any atom is 0.283 e. The van der Waals surface area contributed by atoms with Gasteiger partial charge in [-0.05, 0) is 24.6 Å². The fraction of sp³-hybridized carbons (Fsp3) is 0.0909. The van der Waals surface area contributed by atoms with E-state index in [1.807, 2.05) is 19.1 Å². The molecule has 0 unspecified atom stereocenters. The molecule has 9 heteroatoms. The van der Waals surface area contributed by atoms with Crippen LogP contribution in [0.25, 0.3) is 16.1 Å². The Balaban J connectivity index is 2.64. The monoisotopic (exact) mass is 291 g/mol.